The zero-order valence-corrected chi connectivity index (χ0v) is 11.7. The van der Waals surface area contributed by atoms with E-state index in [-0.39, 0.29) is 0 Å². The van der Waals surface area contributed by atoms with E-state index in [0.717, 1.165) is 17.9 Å². The summed E-state index contributed by atoms with van der Waals surface area (Å²) < 4.78 is 0. The predicted molar refractivity (Wildman–Crippen MR) is 75.2 cm³/mol. The first kappa shape index (κ1) is 13.4. The van der Waals surface area contributed by atoms with E-state index < -0.39 is 0 Å². The van der Waals surface area contributed by atoms with Gasteiger partial charge in [-0.25, -0.2) is 0 Å². The lowest BCUT2D eigenvalue weighted by Gasteiger charge is -2.25. The van der Waals surface area contributed by atoms with Crippen LogP contribution in [0, 0.1) is 11.8 Å². The molecule has 2 atom stereocenters. The quantitative estimate of drug-likeness (QED) is 0.507. The molecular weight excluding hydrogens is 206 g/mol. The lowest BCUT2D eigenvalue weighted by Crippen LogP contribution is -2.29. The maximum Gasteiger partial charge on any atom is 0.00683 e. The molecule has 1 heteroatoms. The topological polar surface area (TPSA) is 12.0 Å². The highest BCUT2D eigenvalue weighted by Gasteiger charge is 2.26. The van der Waals surface area contributed by atoms with E-state index in [1.165, 1.54) is 77.2 Å². The molecule has 1 N–H and O–H groups in total. The van der Waals surface area contributed by atoms with E-state index in [0.29, 0.717) is 0 Å². The van der Waals surface area contributed by atoms with Crippen LogP contribution < -0.4 is 5.32 Å². The molecule has 100 valence electrons. The van der Waals surface area contributed by atoms with Gasteiger partial charge in [0.2, 0.25) is 0 Å². The lowest BCUT2D eigenvalue weighted by atomic mass is 9.84. The van der Waals surface area contributed by atoms with E-state index in [1.807, 2.05) is 0 Å². The highest BCUT2D eigenvalue weighted by Crippen LogP contribution is 2.33. The molecule has 0 aliphatic heterocycles. The molecule has 0 bridgehead atoms. The van der Waals surface area contributed by atoms with E-state index >= 15 is 0 Å². The third-order valence-corrected chi connectivity index (χ3v) is 4.74. The fourth-order valence-electron chi connectivity index (χ4n) is 3.37. The number of unbranched alkanes of at least 4 members (excludes halogenated alkanes) is 2. The molecule has 1 nitrogen and oxygen atoms in total. The highest BCUT2D eigenvalue weighted by molar-refractivity contribution is 4.84. The van der Waals surface area contributed by atoms with Gasteiger partial charge in [0.1, 0.15) is 0 Å². The van der Waals surface area contributed by atoms with E-state index in [4.69, 9.17) is 0 Å². The standard InChI is InChI=1S/C16H31N/c1-2-3-5-8-14-9-6-4-7-10-15(14)13-17-16-11-12-16/h14-17H,2-13H2,1H3. The molecular formula is C16H31N. The van der Waals surface area contributed by atoms with Gasteiger partial charge in [-0.3, -0.25) is 0 Å². The van der Waals surface area contributed by atoms with Gasteiger partial charge in [0.25, 0.3) is 0 Å². The average Bonchev–Trinajstić information content (AvgIpc) is 3.14. The first-order valence-electron chi connectivity index (χ1n) is 8.13. The molecule has 0 aromatic heterocycles. The Labute approximate surface area is 108 Å². The Balaban J connectivity index is 1.73. The monoisotopic (exact) mass is 237 g/mol. The number of hydrogen-bond donors (Lipinski definition) is 1. The normalized spacial score (nSPS) is 30.2. The zero-order chi connectivity index (χ0) is 11.9. The number of hydrogen-bond acceptors (Lipinski definition) is 1. The van der Waals surface area contributed by atoms with Gasteiger partial charge in [0.15, 0.2) is 0 Å². The fourth-order valence-corrected chi connectivity index (χ4v) is 3.37. The molecule has 2 rings (SSSR count). The molecule has 0 spiro atoms. The molecule has 2 aliphatic rings. The van der Waals surface area contributed by atoms with Crippen molar-refractivity contribution in [1.29, 1.82) is 0 Å². The molecule has 0 amide bonds. The summed E-state index contributed by atoms with van der Waals surface area (Å²) in [5.74, 6) is 2.03. The molecule has 2 aliphatic carbocycles. The van der Waals surface area contributed by atoms with Crippen LogP contribution in [0.2, 0.25) is 0 Å². The van der Waals surface area contributed by atoms with Crippen molar-refractivity contribution in [3.8, 4) is 0 Å². The van der Waals surface area contributed by atoms with Gasteiger partial charge in [-0.2, -0.15) is 0 Å². The Morgan fingerprint density at radius 2 is 1.65 bits per heavy atom. The van der Waals surface area contributed by atoms with Gasteiger partial charge in [0.05, 0.1) is 0 Å². The highest BCUT2D eigenvalue weighted by atomic mass is 14.9. The minimum absolute atomic E-state index is 0.898. The summed E-state index contributed by atoms with van der Waals surface area (Å²) in [7, 11) is 0. The minimum Gasteiger partial charge on any atom is -0.314 e. The first-order valence-corrected chi connectivity index (χ1v) is 8.13. The summed E-state index contributed by atoms with van der Waals surface area (Å²) >= 11 is 0. The number of nitrogens with one attached hydrogen (secondary N) is 1. The smallest absolute Gasteiger partial charge is 0.00683 e. The van der Waals surface area contributed by atoms with Crippen molar-refractivity contribution >= 4 is 0 Å². The first-order chi connectivity index (χ1) is 8.40. The van der Waals surface area contributed by atoms with Crippen molar-refractivity contribution < 1.29 is 0 Å². The van der Waals surface area contributed by atoms with Crippen LogP contribution >= 0.6 is 0 Å². The van der Waals surface area contributed by atoms with Crippen molar-refractivity contribution in [2.45, 2.75) is 83.6 Å². The van der Waals surface area contributed by atoms with Crippen LogP contribution in [-0.2, 0) is 0 Å². The fraction of sp³-hybridized carbons (Fsp3) is 1.00. The molecule has 0 radical (unpaired) electrons. The van der Waals surface area contributed by atoms with Crippen LogP contribution in [0.4, 0.5) is 0 Å². The second-order valence-electron chi connectivity index (χ2n) is 6.34. The molecule has 2 unspecified atom stereocenters. The Bertz CT molecular complexity index is 198. The van der Waals surface area contributed by atoms with Crippen LogP contribution in [0.5, 0.6) is 0 Å². The van der Waals surface area contributed by atoms with E-state index in [2.05, 4.69) is 12.2 Å². The zero-order valence-electron chi connectivity index (χ0n) is 11.7. The van der Waals surface area contributed by atoms with Crippen LogP contribution in [0.3, 0.4) is 0 Å². The van der Waals surface area contributed by atoms with Crippen molar-refractivity contribution in [3.63, 3.8) is 0 Å². The predicted octanol–water partition coefficient (Wildman–Crippen LogP) is 4.52. The van der Waals surface area contributed by atoms with E-state index in [9.17, 15) is 0 Å². The maximum absolute atomic E-state index is 3.77. The van der Waals surface area contributed by atoms with E-state index in [1.54, 1.807) is 0 Å². The van der Waals surface area contributed by atoms with Gasteiger partial charge < -0.3 is 5.32 Å². The second kappa shape index (κ2) is 7.41. The molecule has 17 heavy (non-hydrogen) atoms. The van der Waals surface area contributed by atoms with Crippen LogP contribution in [0.15, 0.2) is 0 Å². The molecule has 2 fully saturated rings. The number of rotatable bonds is 7. The molecule has 0 aromatic carbocycles. The Morgan fingerprint density at radius 3 is 2.35 bits per heavy atom. The van der Waals surface area contributed by atoms with Crippen LogP contribution in [0.25, 0.3) is 0 Å². The van der Waals surface area contributed by atoms with Crippen molar-refractivity contribution in [1.82, 2.24) is 5.32 Å². The molecule has 2 saturated carbocycles. The van der Waals surface area contributed by atoms with Gasteiger partial charge in [-0.05, 0) is 37.6 Å². The van der Waals surface area contributed by atoms with Gasteiger partial charge in [-0.15, -0.1) is 0 Å². The van der Waals surface area contributed by atoms with Crippen molar-refractivity contribution in [2.75, 3.05) is 6.54 Å². The van der Waals surface area contributed by atoms with Gasteiger partial charge in [-0.1, -0.05) is 58.3 Å². The summed E-state index contributed by atoms with van der Waals surface area (Å²) in [5.41, 5.74) is 0. The Morgan fingerprint density at radius 1 is 0.882 bits per heavy atom. The Kier molecular flexibility index (Phi) is 5.84. The molecule has 0 saturated heterocycles. The lowest BCUT2D eigenvalue weighted by molar-refractivity contribution is 0.275. The summed E-state index contributed by atoms with van der Waals surface area (Å²) in [4.78, 5) is 0. The summed E-state index contributed by atoms with van der Waals surface area (Å²) in [6.07, 6.45) is 16.2. The largest absolute Gasteiger partial charge is 0.314 e. The third kappa shape index (κ3) is 4.99. The molecule has 0 heterocycles. The second-order valence-corrected chi connectivity index (χ2v) is 6.34. The van der Waals surface area contributed by atoms with Gasteiger partial charge >= 0.3 is 0 Å². The van der Waals surface area contributed by atoms with Crippen LogP contribution in [-0.4, -0.2) is 12.6 Å². The maximum atomic E-state index is 3.77. The molecule has 0 aromatic rings. The van der Waals surface area contributed by atoms with Crippen molar-refractivity contribution in [2.24, 2.45) is 11.8 Å². The third-order valence-electron chi connectivity index (χ3n) is 4.74. The van der Waals surface area contributed by atoms with Crippen molar-refractivity contribution in [3.05, 3.63) is 0 Å². The summed E-state index contributed by atoms with van der Waals surface area (Å²) in [6.45, 7) is 3.64. The van der Waals surface area contributed by atoms with Gasteiger partial charge in [0, 0.05) is 6.04 Å². The van der Waals surface area contributed by atoms with Crippen LogP contribution in [0.1, 0.15) is 77.6 Å². The average molecular weight is 237 g/mol. The summed E-state index contributed by atoms with van der Waals surface area (Å²) in [6, 6.07) is 0.898. The minimum atomic E-state index is 0.898. The SMILES string of the molecule is CCCCCC1CCCCCC1CNC1CC1. The summed E-state index contributed by atoms with van der Waals surface area (Å²) in [5, 5.41) is 3.77. The Hall–Kier alpha value is -0.0400.